The van der Waals surface area contributed by atoms with Gasteiger partial charge in [0.1, 0.15) is 0 Å². The van der Waals surface area contributed by atoms with Crippen molar-refractivity contribution >= 4 is 23.8 Å². The van der Waals surface area contributed by atoms with Crippen molar-refractivity contribution in [1.29, 1.82) is 0 Å². The van der Waals surface area contributed by atoms with E-state index in [9.17, 15) is 34.5 Å². The van der Waals surface area contributed by atoms with Crippen LogP contribution in [0, 0.1) is 0 Å². The zero-order valence-corrected chi connectivity index (χ0v) is 38.4. The summed E-state index contributed by atoms with van der Waals surface area (Å²) >= 11 is 0. The standard InChI is InChI=1S/C48H81N5O7/c1-39(2)15-10-18-42(5)21-11-19-40(3)16-8-9-17-41(4)20-12-22-43(6)23-13-24-44(7)25-14-26-49-45(54)35-50-27-29-51(36-46(55)56)31-33-53(38-48(59)60)34-32-52(30-28-50)37-47(57)58/h15-17,21-22,24H,8-14,18-20,23,25-38H2,1-7H3,(H,49,54)(H,55,56)(H,57,58)(H,59,60)/b40-16+,41-17+,42-21+,43-22+,44-24+. The molecule has 0 unspecified atom stereocenters. The van der Waals surface area contributed by atoms with E-state index in [0.717, 1.165) is 77.0 Å². The molecule has 1 aliphatic heterocycles. The molecule has 340 valence electrons. The van der Waals surface area contributed by atoms with Crippen molar-refractivity contribution in [2.75, 3.05) is 85.1 Å². The summed E-state index contributed by atoms with van der Waals surface area (Å²) in [4.78, 5) is 54.6. The largest absolute Gasteiger partial charge is 0.480 e. The van der Waals surface area contributed by atoms with Crippen LogP contribution in [0.3, 0.4) is 0 Å². The molecule has 1 aliphatic rings. The molecule has 12 heteroatoms. The van der Waals surface area contributed by atoms with Crippen LogP contribution in [-0.2, 0) is 19.2 Å². The summed E-state index contributed by atoms with van der Waals surface area (Å²) in [7, 11) is 0. The minimum atomic E-state index is -0.997. The molecule has 0 aromatic rings. The molecule has 60 heavy (non-hydrogen) atoms. The molecule has 0 aliphatic carbocycles. The Hall–Kier alpha value is -3.84. The van der Waals surface area contributed by atoms with Crippen molar-refractivity contribution in [1.82, 2.24) is 24.9 Å². The number of carbonyl (C=O) groups is 4. The van der Waals surface area contributed by atoms with Crippen LogP contribution in [0.4, 0.5) is 0 Å². The van der Waals surface area contributed by atoms with E-state index in [1.54, 1.807) is 14.7 Å². The fraction of sp³-hybridized carbons (Fsp3) is 0.667. The van der Waals surface area contributed by atoms with Gasteiger partial charge in [-0.3, -0.25) is 38.8 Å². The third-order valence-electron chi connectivity index (χ3n) is 10.8. The van der Waals surface area contributed by atoms with Crippen LogP contribution in [-0.4, -0.2) is 144 Å². The van der Waals surface area contributed by atoms with Crippen LogP contribution in [0.1, 0.15) is 126 Å². The molecule has 0 aromatic heterocycles. The number of nitrogens with one attached hydrogen (secondary N) is 1. The number of carbonyl (C=O) groups excluding carboxylic acids is 1. The lowest BCUT2D eigenvalue weighted by atomic mass is 10.0. The van der Waals surface area contributed by atoms with Gasteiger partial charge in [0.2, 0.25) is 5.91 Å². The van der Waals surface area contributed by atoms with Gasteiger partial charge in [-0.05, 0) is 126 Å². The number of nitrogens with zero attached hydrogens (tertiary/aromatic N) is 4. The lowest BCUT2D eigenvalue weighted by Gasteiger charge is -2.32. The Kier molecular flexibility index (Phi) is 29.7. The molecule has 0 atom stereocenters. The van der Waals surface area contributed by atoms with Crippen molar-refractivity contribution in [2.45, 2.75) is 126 Å². The lowest BCUT2D eigenvalue weighted by molar-refractivity contribution is -0.140. The third kappa shape index (κ3) is 31.1. The summed E-state index contributed by atoms with van der Waals surface area (Å²) in [5.74, 6) is -3.08. The van der Waals surface area contributed by atoms with Crippen molar-refractivity contribution in [2.24, 2.45) is 0 Å². The predicted molar refractivity (Wildman–Crippen MR) is 245 cm³/mol. The maximum absolute atomic E-state index is 13.0. The summed E-state index contributed by atoms with van der Waals surface area (Å²) in [6, 6.07) is 0. The number of unbranched alkanes of at least 4 members (excludes halogenated alkanes) is 1. The number of carboxylic acids is 3. The van der Waals surface area contributed by atoms with E-state index in [-0.39, 0.29) is 32.1 Å². The van der Waals surface area contributed by atoms with Gasteiger partial charge in [0, 0.05) is 58.9 Å². The lowest BCUT2D eigenvalue weighted by Crippen LogP contribution is -2.49. The summed E-state index contributed by atoms with van der Waals surface area (Å²) in [6.07, 6.45) is 26.9. The number of hydrogen-bond donors (Lipinski definition) is 4. The van der Waals surface area contributed by atoms with E-state index in [2.05, 4.69) is 90.2 Å². The Morgan fingerprint density at radius 3 is 1.02 bits per heavy atom. The first-order chi connectivity index (χ1) is 28.5. The van der Waals surface area contributed by atoms with E-state index < -0.39 is 17.9 Å². The molecule has 1 fully saturated rings. The predicted octanol–water partition coefficient (Wildman–Crippen LogP) is 7.96. The van der Waals surface area contributed by atoms with Gasteiger partial charge in [0.15, 0.2) is 0 Å². The maximum Gasteiger partial charge on any atom is 0.317 e. The van der Waals surface area contributed by atoms with Gasteiger partial charge in [0.25, 0.3) is 0 Å². The molecule has 1 rings (SSSR count). The Bertz CT molecular complexity index is 1460. The minimum absolute atomic E-state index is 0.121. The normalized spacial score (nSPS) is 16.9. The van der Waals surface area contributed by atoms with Crippen LogP contribution in [0.2, 0.25) is 0 Å². The molecule has 1 amide bonds. The third-order valence-corrected chi connectivity index (χ3v) is 10.8. The maximum atomic E-state index is 13.0. The SMILES string of the molecule is CC(C)=CCC/C(C)=C/CC/C(C)=C/CC/C=C(\C)CC/C=C(\C)CC/C=C(\C)CCCNC(=O)CN1CCN(CC(=O)O)CCN(CC(=O)O)CCN(CC(=O)O)CC1. The van der Waals surface area contributed by atoms with Gasteiger partial charge in [-0.1, -0.05) is 69.9 Å². The molecule has 0 radical (unpaired) electrons. The average molecular weight is 840 g/mol. The van der Waals surface area contributed by atoms with E-state index in [0.29, 0.717) is 58.9 Å². The molecule has 12 nitrogen and oxygen atoms in total. The highest BCUT2D eigenvalue weighted by Crippen LogP contribution is 2.15. The number of carboxylic acid groups (broad SMARTS) is 3. The van der Waals surface area contributed by atoms with Gasteiger partial charge >= 0.3 is 17.9 Å². The summed E-state index contributed by atoms with van der Waals surface area (Å²) in [5, 5.41) is 31.3. The first kappa shape index (κ1) is 54.2. The van der Waals surface area contributed by atoms with Gasteiger partial charge in [-0.15, -0.1) is 0 Å². The molecular weight excluding hydrogens is 759 g/mol. The number of allylic oxidation sites excluding steroid dienone is 12. The van der Waals surface area contributed by atoms with E-state index in [4.69, 9.17) is 0 Å². The summed E-state index contributed by atoms with van der Waals surface area (Å²) in [5.41, 5.74) is 8.55. The smallest absolute Gasteiger partial charge is 0.317 e. The molecule has 0 saturated carbocycles. The van der Waals surface area contributed by atoms with E-state index in [1.807, 2.05) is 4.90 Å². The highest BCUT2D eigenvalue weighted by Gasteiger charge is 2.21. The molecule has 1 heterocycles. The average Bonchev–Trinajstić information content (AvgIpc) is 3.15. The Morgan fingerprint density at radius 2 is 0.700 bits per heavy atom. The van der Waals surface area contributed by atoms with E-state index in [1.165, 1.54) is 33.4 Å². The van der Waals surface area contributed by atoms with Crippen LogP contribution in [0.15, 0.2) is 69.9 Å². The molecular formula is C48H81N5O7. The summed E-state index contributed by atoms with van der Waals surface area (Å²) in [6.45, 7) is 18.4. The minimum Gasteiger partial charge on any atom is -0.480 e. The van der Waals surface area contributed by atoms with Crippen molar-refractivity contribution in [3.63, 3.8) is 0 Å². The highest BCUT2D eigenvalue weighted by atomic mass is 16.4. The summed E-state index contributed by atoms with van der Waals surface area (Å²) < 4.78 is 0. The number of hydrogen-bond acceptors (Lipinski definition) is 8. The Labute approximate surface area is 362 Å². The molecule has 0 aromatic carbocycles. The molecule has 4 N–H and O–H groups in total. The topological polar surface area (TPSA) is 154 Å². The first-order valence-electron chi connectivity index (χ1n) is 22.2. The second kappa shape index (κ2) is 32.9. The number of aliphatic carboxylic acids is 3. The Balaban J connectivity index is 2.46. The monoisotopic (exact) mass is 840 g/mol. The molecule has 1 saturated heterocycles. The van der Waals surface area contributed by atoms with Gasteiger partial charge in [-0.2, -0.15) is 0 Å². The zero-order chi connectivity index (χ0) is 44.7. The molecule has 0 bridgehead atoms. The first-order valence-corrected chi connectivity index (χ1v) is 22.2. The Morgan fingerprint density at radius 1 is 0.417 bits per heavy atom. The van der Waals surface area contributed by atoms with Crippen LogP contribution >= 0.6 is 0 Å². The van der Waals surface area contributed by atoms with Crippen molar-refractivity contribution in [3.05, 3.63) is 69.9 Å². The number of rotatable bonds is 27. The van der Waals surface area contributed by atoms with E-state index >= 15 is 0 Å². The quantitative estimate of drug-likeness (QED) is 0.0471. The van der Waals surface area contributed by atoms with Crippen LogP contribution in [0.25, 0.3) is 0 Å². The second-order valence-electron chi connectivity index (χ2n) is 17.0. The van der Waals surface area contributed by atoms with Gasteiger partial charge in [-0.25, -0.2) is 0 Å². The molecule has 0 spiro atoms. The number of amides is 1. The van der Waals surface area contributed by atoms with Crippen molar-refractivity contribution in [3.8, 4) is 0 Å². The van der Waals surface area contributed by atoms with Crippen LogP contribution in [0.5, 0.6) is 0 Å². The van der Waals surface area contributed by atoms with Gasteiger partial charge in [0.05, 0.1) is 26.2 Å². The zero-order valence-electron chi connectivity index (χ0n) is 38.4. The van der Waals surface area contributed by atoms with Crippen molar-refractivity contribution < 1.29 is 34.5 Å². The fourth-order valence-electron chi connectivity index (χ4n) is 7.04. The second-order valence-corrected chi connectivity index (χ2v) is 17.0. The highest BCUT2D eigenvalue weighted by molar-refractivity contribution is 5.78. The fourth-order valence-corrected chi connectivity index (χ4v) is 7.04. The van der Waals surface area contributed by atoms with Crippen LogP contribution < -0.4 is 5.32 Å². The van der Waals surface area contributed by atoms with Gasteiger partial charge < -0.3 is 20.6 Å².